The van der Waals surface area contributed by atoms with Crippen molar-refractivity contribution >= 4 is 34.4 Å². The predicted molar refractivity (Wildman–Crippen MR) is 72.5 cm³/mol. The monoisotopic (exact) mass is 262 g/mol. The minimum absolute atomic E-state index is 0.996. The Morgan fingerprint density at radius 3 is 2.47 bits per heavy atom. The Kier molecular flexibility index (Phi) is 6.64. The number of hydrogen-bond acceptors (Lipinski definition) is 0. The van der Waals surface area contributed by atoms with Crippen LogP contribution in [0.4, 0.5) is 0 Å². The molecule has 0 saturated carbocycles. The molecule has 84 valence electrons. The smallest absolute Gasteiger partial charge is 0.0727 e. The van der Waals surface area contributed by atoms with Crippen LogP contribution < -0.4 is 5.30 Å². The highest BCUT2D eigenvalue weighted by atomic mass is 35.9. The van der Waals surface area contributed by atoms with Crippen molar-refractivity contribution in [2.24, 2.45) is 0 Å². The van der Waals surface area contributed by atoms with Crippen molar-refractivity contribution in [2.75, 3.05) is 0 Å². The zero-order valence-electron chi connectivity index (χ0n) is 9.05. The van der Waals surface area contributed by atoms with Gasteiger partial charge in [-0.2, -0.15) is 0 Å². The lowest BCUT2D eigenvalue weighted by Gasteiger charge is -2.09. The highest BCUT2D eigenvalue weighted by molar-refractivity contribution is 8.08. The van der Waals surface area contributed by atoms with Crippen molar-refractivity contribution in [1.82, 2.24) is 0 Å². The fourth-order valence-electron chi connectivity index (χ4n) is 1.63. The normalized spacial score (nSPS) is 10.9. The zero-order chi connectivity index (χ0) is 11.1. The summed E-state index contributed by atoms with van der Waals surface area (Å²) in [5.41, 5.74) is 1.32. The van der Waals surface area contributed by atoms with Gasteiger partial charge >= 0.3 is 0 Å². The molecular formula is C12H17Cl2P. The third kappa shape index (κ3) is 4.72. The molecule has 0 aliphatic heterocycles. The lowest BCUT2D eigenvalue weighted by Crippen LogP contribution is -2.04. The van der Waals surface area contributed by atoms with E-state index in [0.29, 0.717) is 0 Å². The molecule has 0 unspecified atom stereocenters. The molecule has 0 spiro atoms. The molecule has 0 nitrogen and oxygen atoms in total. The first-order valence-electron chi connectivity index (χ1n) is 5.45. The molecule has 1 rings (SSSR count). The SMILES string of the molecule is CCCCCCc1ccccc1P(Cl)Cl. The summed E-state index contributed by atoms with van der Waals surface area (Å²) in [6, 6.07) is 8.25. The van der Waals surface area contributed by atoms with Gasteiger partial charge in [-0.05, 0) is 18.4 Å². The minimum atomic E-state index is -0.996. The number of unbranched alkanes of at least 4 members (excludes halogenated alkanes) is 3. The van der Waals surface area contributed by atoms with Gasteiger partial charge in [-0.1, -0.05) is 72.9 Å². The van der Waals surface area contributed by atoms with Crippen LogP contribution in [-0.4, -0.2) is 0 Å². The van der Waals surface area contributed by atoms with Crippen molar-refractivity contribution in [3.63, 3.8) is 0 Å². The fourth-order valence-corrected chi connectivity index (χ4v) is 3.22. The van der Waals surface area contributed by atoms with E-state index in [4.69, 9.17) is 22.5 Å². The van der Waals surface area contributed by atoms with Crippen molar-refractivity contribution in [2.45, 2.75) is 39.0 Å². The summed E-state index contributed by atoms with van der Waals surface area (Å²) in [6.45, 7) is 1.23. The molecule has 0 aliphatic rings. The molecule has 0 N–H and O–H groups in total. The van der Waals surface area contributed by atoms with Gasteiger partial charge in [-0.25, -0.2) is 0 Å². The number of benzene rings is 1. The van der Waals surface area contributed by atoms with E-state index in [1.54, 1.807) is 0 Å². The molecular weight excluding hydrogens is 246 g/mol. The molecule has 0 aromatic heterocycles. The first-order chi connectivity index (χ1) is 7.25. The van der Waals surface area contributed by atoms with Crippen molar-refractivity contribution in [3.05, 3.63) is 29.8 Å². The van der Waals surface area contributed by atoms with E-state index in [0.717, 1.165) is 11.7 Å². The van der Waals surface area contributed by atoms with Gasteiger partial charge in [0.2, 0.25) is 0 Å². The van der Waals surface area contributed by atoms with Crippen LogP contribution >= 0.6 is 29.1 Å². The first kappa shape index (κ1) is 13.3. The zero-order valence-corrected chi connectivity index (χ0v) is 11.5. The molecule has 0 aliphatic carbocycles. The molecule has 0 atom stereocenters. The third-order valence-electron chi connectivity index (χ3n) is 2.47. The Balaban J connectivity index is 2.52. The fraction of sp³-hybridized carbons (Fsp3) is 0.500. The predicted octanol–water partition coefficient (Wildman–Crippen LogP) is 5.22. The molecule has 0 saturated heterocycles. The average molecular weight is 263 g/mol. The van der Waals surface area contributed by atoms with E-state index in [-0.39, 0.29) is 0 Å². The van der Waals surface area contributed by atoms with Crippen molar-refractivity contribution in [1.29, 1.82) is 0 Å². The molecule has 15 heavy (non-hydrogen) atoms. The molecule has 1 aromatic carbocycles. The summed E-state index contributed by atoms with van der Waals surface area (Å²) in [6.07, 6.45) is 6.24. The Morgan fingerprint density at radius 1 is 1.07 bits per heavy atom. The lowest BCUT2D eigenvalue weighted by molar-refractivity contribution is 0.668. The molecule has 0 fully saturated rings. The van der Waals surface area contributed by atoms with Gasteiger partial charge in [0.05, 0.1) is 0 Å². The van der Waals surface area contributed by atoms with Crippen LogP contribution in [0.5, 0.6) is 0 Å². The minimum Gasteiger partial charge on any atom is -0.0727 e. The Labute approximate surface area is 103 Å². The highest BCUT2D eigenvalue weighted by Gasteiger charge is 2.08. The molecule has 0 radical (unpaired) electrons. The lowest BCUT2D eigenvalue weighted by atomic mass is 10.1. The van der Waals surface area contributed by atoms with E-state index < -0.39 is 6.63 Å². The second-order valence-corrected chi connectivity index (χ2v) is 7.17. The largest absolute Gasteiger partial charge is 0.117 e. The summed E-state index contributed by atoms with van der Waals surface area (Å²) in [4.78, 5) is 0. The number of aryl methyl sites for hydroxylation is 1. The van der Waals surface area contributed by atoms with E-state index >= 15 is 0 Å². The van der Waals surface area contributed by atoms with E-state index in [2.05, 4.69) is 19.1 Å². The van der Waals surface area contributed by atoms with Crippen LogP contribution in [0.1, 0.15) is 38.2 Å². The summed E-state index contributed by atoms with van der Waals surface area (Å²) >= 11 is 12.0. The topological polar surface area (TPSA) is 0 Å². The summed E-state index contributed by atoms with van der Waals surface area (Å²) in [5, 5.41) is 1.13. The van der Waals surface area contributed by atoms with E-state index in [1.165, 1.54) is 31.2 Å². The quantitative estimate of drug-likeness (QED) is 0.487. The van der Waals surface area contributed by atoms with Gasteiger partial charge in [0, 0.05) is 5.30 Å². The number of rotatable bonds is 6. The number of hydrogen-bond donors (Lipinski definition) is 0. The van der Waals surface area contributed by atoms with E-state index in [9.17, 15) is 0 Å². The van der Waals surface area contributed by atoms with Gasteiger partial charge in [-0.3, -0.25) is 0 Å². The summed E-state index contributed by atoms with van der Waals surface area (Å²) in [7, 11) is 0. The first-order valence-corrected chi connectivity index (χ1v) is 8.60. The summed E-state index contributed by atoms with van der Waals surface area (Å²) in [5.74, 6) is 0. The maximum Gasteiger partial charge on any atom is 0.117 e. The Hall–Kier alpha value is 0.230. The van der Waals surface area contributed by atoms with Crippen LogP contribution in [0.15, 0.2) is 24.3 Å². The van der Waals surface area contributed by atoms with Crippen molar-refractivity contribution in [3.8, 4) is 0 Å². The second kappa shape index (κ2) is 7.49. The standard InChI is InChI=1S/C12H17Cl2P/c1-2-3-4-5-8-11-9-6-7-10-12(11)15(13)14/h6-7,9-10H,2-5,8H2,1H3. The molecule has 1 aromatic rings. The molecule has 0 amide bonds. The molecule has 0 bridgehead atoms. The van der Waals surface area contributed by atoms with Crippen molar-refractivity contribution < 1.29 is 0 Å². The van der Waals surface area contributed by atoms with Gasteiger partial charge < -0.3 is 0 Å². The van der Waals surface area contributed by atoms with E-state index in [1.807, 2.05) is 12.1 Å². The Morgan fingerprint density at radius 2 is 1.80 bits per heavy atom. The highest BCUT2D eigenvalue weighted by Crippen LogP contribution is 2.46. The third-order valence-corrected chi connectivity index (χ3v) is 4.37. The van der Waals surface area contributed by atoms with Crippen LogP contribution in [0.25, 0.3) is 0 Å². The maximum atomic E-state index is 5.98. The van der Waals surface area contributed by atoms with Gasteiger partial charge in [-0.15, -0.1) is 0 Å². The summed E-state index contributed by atoms with van der Waals surface area (Å²) < 4.78 is 0. The Bertz CT molecular complexity index is 287. The van der Waals surface area contributed by atoms with Gasteiger partial charge in [0.1, 0.15) is 6.63 Å². The van der Waals surface area contributed by atoms with Gasteiger partial charge in [0.15, 0.2) is 0 Å². The molecule has 0 heterocycles. The number of halogens is 2. The molecule has 3 heteroatoms. The van der Waals surface area contributed by atoms with Crippen LogP contribution in [-0.2, 0) is 6.42 Å². The average Bonchev–Trinajstić information content (AvgIpc) is 2.25. The van der Waals surface area contributed by atoms with Crippen LogP contribution in [0.3, 0.4) is 0 Å². The van der Waals surface area contributed by atoms with Gasteiger partial charge in [0.25, 0.3) is 0 Å². The second-order valence-electron chi connectivity index (χ2n) is 3.67. The van der Waals surface area contributed by atoms with Crippen LogP contribution in [0.2, 0.25) is 0 Å². The van der Waals surface area contributed by atoms with Crippen LogP contribution in [0, 0.1) is 0 Å². The maximum absolute atomic E-state index is 5.98.